The predicted octanol–water partition coefficient (Wildman–Crippen LogP) is 3.01. The van der Waals surface area contributed by atoms with E-state index in [9.17, 15) is 0 Å². The van der Waals surface area contributed by atoms with Crippen molar-refractivity contribution < 1.29 is 9.47 Å². The number of hydrogen-bond acceptors (Lipinski definition) is 5. The molecule has 1 aromatic heterocycles. The summed E-state index contributed by atoms with van der Waals surface area (Å²) in [6, 6.07) is 7.68. The molecular formula is C17H23N3O2. The number of hydrogen-bond donors (Lipinski definition) is 0. The molecule has 0 bridgehead atoms. The zero-order chi connectivity index (χ0) is 15.9. The van der Waals surface area contributed by atoms with Gasteiger partial charge in [-0.3, -0.25) is 0 Å². The number of nitrogens with zero attached hydrogens (tertiary/aromatic N) is 3. The fourth-order valence-corrected chi connectivity index (χ4v) is 2.21. The molecule has 0 saturated heterocycles. The van der Waals surface area contributed by atoms with Gasteiger partial charge in [0.25, 0.3) is 0 Å². The zero-order valence-electron chi connectivity index (χ0n) is 13.7. The Morgan fingerprint density at radius 2 is 1.86 bits per heavy atom. The van der Waals surface area contributed by atoms with Gasteiger partial charge in [0.15, 0.2) is 17.3 Å². The van der Waals surface area contributed by atoms with Crippen LogP contribution in [0.25, 0.3) is 0 Å². The van der Waals surface area contributed by atoms with Crippen LogP contribution in [0.5, 0.6) is 11.5 Å². The van der Waals surface area contributed by atoms with Crippen LogP contribution in [0.4, 0.5) is 5.82 Å². The first-order valence-electron chi connectivity index (χ1n) is 7.39. The van der Waals surface area contributed by atoms with E-state index in [1.807, 2.05) is 38.2 Å². The van der Waals surface area contributed by atoms with Crippen molar-refractivity contribution in [3.05, 3.63) is 41.6 Å². The fraction of sp³-hybridized carbons (Fsp3) is 0.412. The lowest BCUT2D eigenvalue weighted by Crippen LogP contribution is -2.23. The molecule has 5 heteroatoms. The topological polar surface area (TPSA) is 47.5 Å². The molecule has 1 heterocycles. The molecule has 0 saturated carbocycles. The molecule has 118 valence electrons. The summed E-state index contributed by atoms with van der Waals surface area (Å²) in [5, 5.41) is 8.24. The van der Waals surface area contributed by atoms with Crippen LogP contribution in [-0.2, 0) is 0 Å². The molecule has 0 spiro atoms. The number of aryl methyl sites for hydroxylation is 1. The molecule has 2 aromatic rings. The van der Waals surface area contributed by atoms with E-state index in [1.54, 1.807) is 13.3 Å². The van der Waals surface area contributed by atoms with Crippen molar-refractivity contribution in [1.29, 1.82) is 0 Å². The van der Waals surface area contributed by atoms with Crippen molar-refractivity contribution in [2.45, 2.75) is 20.3 Å². The summed E-state index contributed by atoms with van der Waals surface area (Å²) in [5.41, 5.74) is 2.32. The standard InChI is InChI=1S/C17H23N3O2/c1-13-12-18-19-17(14(13)2)20(3)10-7-11-22-16-9-6-5-8-15(16)21-4/h5-6,8-9,12H,7,10-11H2,1-4H3. The summed E-state index contributed by atoms with van der Waals surface area (Å²) < 4.78 is 11.0. The molecule has 1 aromatic carbocycles. The van der Waals surface area contributed by atoms with Gasteiger partial charge >= 0.3 is 0 Å². The van der Waals surface area contributed by atoms with Crippen molar-refractivity contribution >= 4 is 5.82 Å². The van der Waals surface area contributed by atoms with E-state index in [0.717, 1.165) is 35.8 Å². The Morgan fingerprint density at radius 1 is 1.14 bits per heavy atom. The summed E-state index contributed by atoms with van der Waals surface area (Å²) in [4.78, 5) is 2.11. The molecule has 0 unspecified atom stereocenters. The number of methoxy groups -OCH3 is 1. The molecule has 5 nitrogen and oxygen atoms in total. The van der Waals surface area contributed by atoms with Gasteiger partial charge in [-0.25, -0.2) is 0 Å². The van der Waals surface area contributed by atoms with Gasteiger partial charge in [-0.2, -0.15) is 5.10 Å². The van der Waals surface area contributed by atoms with Crippen molar-refractivity contribution in [3.63, 3.8) is 0 Å². The van der Waals surface area contributed by atoms with E-state index >= 15 is 0 Å². The largest absolute Gasteiger partial charge is 0.493 e. The van der Waals surface area contributed by atoms with Crippen LogP contribution in [0.1, 0.15) is 17.5 Å². The Morgan fingerprint density at radius 3 is 2.59 bits per heavy atom. The van der Waals surface area contributed by atoms with Gasteiger partial charge in [0.1, 0.15) is 0 Å². The van der Waals surface area contributed by atoms with Gasteiger partial charge in [-0.15, -0.1) is 5.10 Å². The van der Waals surface area contributed by atoms with E-state index in [4.69, 9.17) is 9.47 Å². The number of ether oxygens (including phenoxy) is 2. The Labute approximate surface area is 131 Å². The second kappa shape index (κ2) is 7.64. The first-order chi connectivity index (χ1) is 10.6. The second-order valence-corrected chi connectivity index (χ2v) is 5.25. The predicted molar refractivity (Wildman–Crippen MR) is 87.9 cm³/mol. The van der Waals surface area contributed by atoms with Crippen LogP contribution in [0.15, 0.2) is 30.5 Å². The highest BCUT2D eigenvalue weighted by molar-refractivity contribution is 5.47. The van der Waals surface area contributed by atoms with Gasteiger partial charge in [-0.05, 0) is 43.5 Å². The van der Waals surface area contributed by atoms with Crippen LogP contribution in [0, 0.1) is 13.8 Å². The van der Waals surface area contributed by atoms with Crippen LogP contribution in [0.2, 0.25) is 0 Å². The molecular weight excluding hydrogens is 278 g/mol. The maximum absolute atomic E-state index is 5.78. The Bertz CT molecular complexity index is 617. The van der Waals surface area contributed by atoms with E-state index < -0.39 is 0 Å². The summed E-state index contributed by atoms with van der Waals surface area (Å²) in [5.74, 6) is 2.47. The van der Waals surface area contributed by atoms with Crippen molar-refractivity contribution in [2.24, 2.45) is 0 Å². The van der Waals surface area contributed by atoms with Gasteiger partial charge in [0, 0.05) is 13.6 Å². The number of aromatic nitrogens is 2. The minimum absolute atomic E-state index is 0.628. The van der Waals surface area contributed by atoms with Gasteiger partial charge < -0.3 is 14.4 Å². The lowest BCUT2D eigenvalue weighted by atomic mass is 10.2. The van der Waals surface area contributed by atoms with Crippen LogP contribution in [0.3, 0.4) is 0 Å². The average molecular weight is 301 g/mol. The molecule has 2 rings (SSSR count). The first-order valence-corrected chi connectivity index (χ1v) is 7.39. The lowest BCUT2D eigenvalue weighted by Gasteiger charge is -2.20. The van der Waals surface area contributed by atoms with Crippen LogP contribution in [-0.4, -0.2) is 37.5 Å². The number of para-hydroxylation sites is 2. The molecule has 0 atom stereocenters. The highest BCUT2D eigenvalue weighted by atomic mass is 16.5. The van der Waals surface area contributed by atoms with Crippen molar-refractivity contribution in [1.82, 2.24) is 10.2 Å². The molecule has 0 fully saturated rings. The molecule has 22 heavy (non-hydrogen) atoms. The highest BCUT2D eigenvalue weighted by Crippen LogP contribution is 2.25. The Kier molecular flexibility index (Phi) is 5.58. The molecule has 0 aliphatic carbocycles. The number of anilines is 1. The number of benzene rings is 1. The van der Waals surface area contributed by atoms with E-state index in [1.165, 1.54) is 5.56 Å². The third kappa shape index (κ3) is 3.87. The van der Waals surface area contributed by atoms with E-state index in [0.29, 0.717) is 6.61 Å². The fourth-order valence-electron chi connectivity index (χ4n) is 2.21. The summed E-state index contributed by atoms with van der Waals surface area (Å²) in [6.07, 6.45) is 2.68. The van der Waals surface area contributed by atoms with Crippen molar-refractivity contribution in [3.8, 4) is 11.5 Å². The van der Waals surface area contributed by atoms with Gasteiger partial charge in [-0.1, -0.05) is 12.1 Å². The minimum atomic E-state index is 0.628. The normalized spacial score (nSPS) is 10.4. The Hall–Kier alpha value is -2.30. The Balaban J connectivity index is 1.85. The SMILES string of the molecule is COc1ccccc1OCCCN(C)c1nncc(C)c1C. The number of rotatable bonds is 7. The maximum Gasteiger partial charge on any atom is 0.161 e. The summed E-state index contributed by atoms with van der Waals surface area (Å²) in [6.45, 7) is 5.60. The third-order valence-electron chi connectivity index (χ3n) is 3.66. The maximum atomic E-state index is 5.78. The monoisotopic (exact) mass is 301 g/mol. The molecule has 0 aliphatic rings. The third-order valence-corrected chi connectivity index (χ3v) is 3.66. The summed E-state index contributed by atoms with van der Waals surface area (Å²) in [7, 11) is 3.68. The molecule has 0 N–H and O–H groups in total. The summed E-state index contributed by atoms with van der Waals surface area (Å²) >= 11 is 0. The molecule has 0 aliphatic heterocycles. The lowest BCUT2D eigenvalue weighted by molar-refractivity contribution is 0.290. The zero-order valence-corrected chi connectivity index (χ0v) is 13.7. The van der Waals surface area contributed by atoms with E-state index in [2.05, 4.69) is 22.0 Å². The van der Waals surface area contributed by atoms with Gasteiger partial charge in [0.2, 0.25) is 0 Å². The second-order valence-electron chi connectivity index (χ2n) is 5.25. The quantitative estimate of drug-likeness (QED) is 0.736. The molecule has 0 amide bonds. The smallest absolute Gasteiger partial charge is 0.161 e. The minimum Gasteiger partial charge on any atom is -0.493 e. The van der Waals surface area contributed by atoms with Crippen LogP contribution >= 0.6 is 0 Å². The average Bonchev–Trinajstić information content (AvgIpc) is 2.54. The van der Waals surface area contributed by atoms with Crippen LogP contribution < -0.4 is 14.4 Å². The highest BCUT2D eigenvalue weighted by Gasteiger charge is 2.09. The first kappa shape index (κ1) is 16.1. The van der Waals surface area contributed by atoms with Crippen molar-refractivity contribution in [2.75, 3.05) is 32.2 Å². The van der Waals surface area contributed by atoms with Gasteiger partial charge in [0.05, 0.1) is 19.9 Å². The molecule has 0 radical (unpaired) electrons. The van der Waals surface area contributed by atoms with E-state index in [-0.39, 0.29) is 0 Å².